The van der Waals surface area contributed by atoms with Gasteiger partial charge in [0, 0.05) is 24.6 Å². The summed E-state index contributed by atoms with van der Waals surface area (Å²) in [5.74, 6) is 0. The lowest BCUT2D eigenvalue weighted by molar-refractivity contribution is -0.0682. The van der Waals surface area contributed by atoms with Crippen LogP contribution in [-0.4, -0.2) is 60.7 Å². The topological polar surface area (TPSA) is 52.9 Å². The molecule has 2 rings (SSSR count). The molecule has 2 unspecified atom stereocenters. The van der Waals surface area contributed by atoms with Crippen molar-refractivity contribution in [2.45, 2.75) is 38.1 Å². The van der Waals surface area contributed by atoms with E-state index >= 15 is 0 Å². The van der Waals surface area contributed by atoms with Crippen LogP contribution in [0.5, 0.6) is 0 Å². The lowest BCUT2D eigenvalue weighted by Gasteiger charge is -2.43. The predicted molar refractivity (Wildman–Crippen MR) is 65.9 cm³/mol. The van der Waals surface area contributed by atoms with Crippen molar-refractivity contribution in [1.82, 2.24) is 4.90 Å². The highest BCUT2D eigenvalue weighted by Gasteiger charge is 2.36. The first kappa shape index (κ1) is 13.3. The van der Waals surface area contributed by atoms with Crippen LogP contribution in [-0.2, 0) is 4.74 Å². The fraction of sp³-hybridized carbons (Fsp3) is 1.00. The summed E-state index contributed by atoms with van der Waals surface area (Å²) in [4.78, 5) is 2.36. The van der Waals surface area contributed by atoms with Crippen molar-refractivity contribution >= 4 is 0 Å². The first-order valence-corrected chi connectivity index (χ1v) is 6.83. The third-order valence-electron chi connectivity index (χ3n) is 4.24. The zero-order valence-electron chi connectivity index (χ0n) is 10.6. The van der Waals surface area contributed by atoms with Crippen molar-refractivity contribution in [2.75, 3.05) is 39.5 Å². The number of rotatable bonds is 4. The van der Waals surface area contributed by atoms with Gasteiger partial charge in [0.1, 0.15) is 0 Å². The van der Waals surface area contributed by atoms with E-state index < -0.39 is 0 Å². The Morgan fingerprint density at radius 1 is 1.24 bits per heavy atom. The summed E-state index contributed by atoms with van der Waals surface area (Å²) in [6.07, 6.45) is 5.58. The molecule has 0 spiro atoms. The fourth-order valence-electron chi connectivity index (χ4n) is 3.12. The van der Waals surface area contributed by atoms with Crippen molar-refractivity contribution in [3.05, 3.63) is 0 Å². The molecule has 100 valence electrons. The number of piperidine rings is 1. The Morgan fingerprint density at radius 3 is 2.76 bits per heavy atom. The van der Waals surface area contributed by atoms with Gasteiger partial charge in [-0.05, 0) is 32.2 Å². The number of ether oxygens (including phenoxy) is 1. The monoisotopic (exact) mass is 243 g/mol. The summed E-state index contributed by atoms with van der Waals surface area (Å²) in [6.45, 7) is 3.84. The van der Waals surface area contributed by atoms with Crippen LogP contribution in [0.15, 0.2) is 0 Å². The third kappa shape index (κ3) is 3.19. The molecular weight excluding hydrogens is 218 g/mol. The Morgan fingerprint density at radius 2 is 2.12 bits per heavy atom. The molecule has 2 heterocycles. The summed E-state index contributed by atoms with van der Waals surface area (Å²) in [5.41, 5.74) is -0.0942. The number of hydrogen-bond acceptors (Lipinski definition) is 4. The molecule has 0 amide bonds. The van der Waals surface area contributed by atoms with E-state index in [4.69, 9.17) is 4.74 Å². The Balaban J connectivity index is 1.96. The van der Waals surface area contributed by atoms with Crippen LogP contribution in [0.25, 0.3) is 0 Å². The molecule has 2 atom stereocenters. The molecule has 2 aliphatic heterocycles. The van der Waals surface area contributed by atoms with Gasteiger partial charge in [-0.15, -0.1) is 0 Å². The van der Waals surface area contributed by atoms with E-state index in [9.17, 15) is 10.2 Å². The normalized spacial score (nSPS) is 36.0. The van der Waals surface area contributed by atoms with Gasteiger partial charge in [0.05, 0.1) is 19.8 Å². The largest absolute Gasteiger partial charge is 0.396 e. The Hall–Kier alpha value is -0.160. The third-order valence-corrected chi connectivity index (χ3v) is 4.24. The summed E-state index contributed by atoms with van der Waals surface area (Å²) in [6, 6.07) is 0.286. The van der Waals surface area contributed by atoms with Gasteiger partial charge in [0.25, 0.3) is 0 Å². The zero-order valence-corrected chi connectivity index (χ0v) is 10.6. The SMILES string of the molecule is OCC1CCCCN1CC1(CO)CCCOC1. The predicted octanol–water partition coefficient (Wildman–Crippen LogP) is 0.622. The van der Waals surface area contributed by atoms with Crippen molar-refractivity contribution in [1.29, 1.82) is 0 Å². The maximum Gasteiger partial charge on any atom is 0.0586 e. The highest BCUT2D eigenvalue weighted by atomic mass is 16.5. The van der Waals surface area contributed by atoms with Gasteiger partial charge >= 0.3 is 0 Å². The van der Waals surface area contributed by atoms with Gasteiger partial charge in [-0.1, -0.05) is 6.42 Å². The number of aliphatic hydroxyl groups excluding tert-OH is 2. The van der Waals surface area contributed by atoms with Gasteiger partial charge in [0.2, 0.25) is 0 Å². The number of hydrogen-bond donors (Lipinski definition) is 2. The molecule has 2 fully saturated rings. The second kappa shape index (κ2) is 6.14. The van der Waals surface area contributed by atoms with Gasteiger partial charge in [0.15, 0.2) is 0 Å². The van der Waals surface area contributed by atoms with Gasteiger partial charge in [-0.2, -0.15) is 0 Å². The van der Waals surface area contributed by atoms with Crippen LogP contribution in [0.3, 0.4) is 0 Å². The molecule has 0 saturated carbocycles. The van der Waals surface area contributed by atoms with Crippen LogP contribution in [0, 0.1) is 5.41 Å². The number of nitrogens with zero attached hydrogens (tertiary/aromatic N) is 1. The highest BCUT2D eigenvalue weighted by molar-refractivity contribution is 4.88. The molecule has 0 aromatic heterocycles. The van der Waals surface area contributed by atoms with Crippen molar-refractivity contribution in [3.8, 4) is 0 Å². The maximum absolute atomic E-state index is 9.66. The summed E-state index contributed by atoms with van der Waals surface area (Å²) in [5, 5.41) is 19.1. The summed E-state index contributed by atoms with van der Waals surface area (Å²) < 4.78 is 5.54. The Kier molecular flexibility index (Phi) is 4.79. The second-order valence-corrected chi connectivity index (χ2v) is 5.62. The minimum atomic E-state index is -0.0942. The molecule has 0 aromatic carbocycles. The first-order valence-electron chi connectivity index (χ1n) is 6.83. The highest BCUT2D eigenvalue weighted by Crippen LogP contribution is 2.31. The summed E-state index contributed by atoms with van der Waals surface area (Å²) >= 11 is 0. The molecule has 2 saturated heterocycles. The van der Waals surface area contributed by atoms with Crippen molar-refractivity contribution in [2.24, 2.45) is 5.41 Å². The van der Waals surface area contributed by atoms with E-state index in [1.54, 1.807) is 0 Å². The lowest BCUT2D eigenvalue weighted by atomic mass is 9.82. The molecule has 2 aliphatic rings. The van der Waals surface area contributed by atoms with E-state index in [0.717, 1.165) is 39.0 Å². The molecule has 0 aliphatic carbocycles. The average Bonchev–Trinajstić information content (AvgIpc) is 2.40. The molecule has 17 heavy (non-hydrogen) atoms. The van der Waals surface area contributed by atoms with Crippen LogP contribution in [0.1, 0.15) is 32.1 Å². The maximum atomic E-state index is 9.66. The average molecular weight is 243 g/mol. The quantitative estimate of drug-likeness (QED) is 0.760. The molecular formula is C13H25NO3. The zero-order chi connectivity index (χ0) is 12.1. The van der Waals surface area contributed by atoms with E-state index in [0.29, 0.717) is 6.61 Å². The molecule has 4 heteroatoms. The van der Waals surface area contributed by atoms with Gasteiger partial charge < -0.3 is 14.9 Å². The van der Waals surface area contributed by atoms with E-state index in [2.05, 4.69) is 4.90 Å². The molecule has 0 bridgehead atoms. The van der Waals surface area contributed by atoms with Crippen LogP contribution in [0.2, 0.25) is 0 Å². The fourth-order valence-corrected chi connectivity index (χ4v) is 3.12. The standard InChI is InChI=1S/C13H25NO3/c15-8-12-4-1-2-6-14(12)9-13(10-16)5-3-7-17-11-13/h12,15-16H,1-11H2. The molecule has 2 N–H and O–H groups in total. The van der Waals surface area contributed by atoms with Gasteiger partial charge in [-0.25, -0.2) is 0 Å². The van der Waals surface area contributed by atoms with Crippen LogP contribution < -0.4 is 0 Å². The lowest BCUT2D eigenvalue weighted by Crippen LogP contribution is -2.51. The second-order valence-electron chi connectivity index (χ2n) is 5.62. The van der Waals surface area contributed by atoms with E-state index in [-0.39, 0.29) is 24.7 Å². The number of aliphatic hydroxyl groups is 2. The summed E-state index contributed by atoms with van der Waals surface area (Å²) in [7, 11) is 0. The van der Waals surface area contributed by atoms with Gasteiger partial charge in [-0.3, -0.25) is 4.90 Å². The number of likely N-dealkylation sites (tertiary alicyclic amines) is 1. The molecule has 0 aromatic rings. The van der Waals surface area contributed by atoms with Crippen molar-refractivity contribution < 1.29 is 14.9 Å². The van der Waals surface area contributed by atoms with Crippen LogP contribution >= 0.6 is 0 Å². The van der Waals surface area contributed by atoms with E-state index in [1.165, 1.54) is 12.8 Å². The first-order chi connectivity index (χ1) is 8.29. The Labute approximate surface area is 104 Å². The molecule has 4 nitrogen and oxygen atoms in total. The Bertz CT molecular complexity index is 229. The molecule has 0 radical (unpaired) electrons. The minimum Gasteiger partial charge on any atom is -0.396 e. The minimum absolute atomic E-state index is 0.0942. The van der Waals surface area contributed by atoms with E-state index in [1.807, 2.05) is 0 Å². The smallest absolute Gasteiger partial charge is 0.0586 e. The van der Waals surface area contributed by atoms with Crippen LogP contribution in [0.4, 0.5) is 0 Å². The van der Waals surface area contributed by atoms with Crippen molar-refractivity contribution in [3.63, 3.8) is 0 Å².